The van der Waals surface area contributed by atoms with Gasteiger partial charge in [0.25, 0.3) is 0 Å². The van der Waals surface area contributed by atoms with Crippen molar-refractivity contribution in [3.05, 3.63) is 12.7 Å². The lowest BCUT2D eigenvalue weighted by Crippen LogP contribution is -2.29. The number of allylic oxidation sites excluding steroid dienone is 1. The van der Waals surface area contributed by atoms with Crippen LogP contribution in [0.25, 0.3) is 0 Å². The maximum atomic E-state index is 9.12. The summed E-state index contributed by atoms with van der Waals surface area (Å²) >= 11 is 0. The van der Waals surface area contributed by atoms with Crippen molar-refractivity contribution >= 4 is 0 Å². The van der Waals surface area contributed by atoms with Crippen molar-refractivity contribution in [3.63, 3.8) is 0 Å². The van der Waals surface area contributed by atoms with Crippen LogP contribution in [0.1, 0.15) is 27.7 Å². The van der Waals surface area contributed by atoms with Gasteiger partial charge >= 0.3 is 0 Å². The average molecular weight is 156 g/mol. The first kappa shape index (κ1) is 10.7. The van der Waals surface area contributed by atoms with Crippen molar-refractivity contribution in [3.8, 4) is 0 Å². The third-order valence-corrected chi connectivity index (χ3v) is 2.48. The second kappa shape index (κ2) is 3.91. The summed E-state index contributed by atoms with van der Waals surface area (Å²) in [4.78, 5) is 0. The third kappa shape index (κ3) is 2.66. The predicted octanol–water partition coefficient (Wildman–Crippen LogP) is 2.46. The van der Waals surface area contributed by atoms with E-state index in [1.165, 1.54) is 0 Å². The Hall–Kier alpha value is -0.300. The van der Waals surface area contributed by atoms with Crippen molar-refractivity contribution in [2.24, 2.45) is 17.3 Å². The van der Waals surface area contributed by atoms with E-state index in [-0.39, 0.29) is 12.0 Å². The summed E-state index contributed by atoms with van der Waals surface area (Å²) < 4.78 is 0. The quantitative estimate of drug-likeness (QED) is 0.620. The zero-order chi connectivity index (χ0) is 9.07. The number of aliphatic hydroxyl groups excluding tert-OH is 1. The molecule has 1 heteroatoms. The molecule has 1 N–H and O–H groups in total. The van der Waals surface area contributed by atoms with Gasteiger partial charge in [-0.25, -0.2) is 0 Å². The minimum Gasteiger partial charge on any atom is -0.396 e. The van der Waals surface area contributed by atoms with Crippen LogP contribution in [-0.2, 0) is 0 Å². The van der Waals surface area contributed by atoms with E-state index in [0.717, 1.165) is 0 Å². The van der Waals surface area contributed by atoms with Gasteiger partial charge in [0.15, 0.2) is 0 Å². The van der Waals surface area contributed by atoms with Gasteiger partial charge < -0.3 is 5.11 Å². The van der Waals surface area contributed by atoms with E-state index in [0.29, 0.717) is 11.8 Å². The molecule has 1 unspecified atom stereocenters. The van der Waals surface area contributed by atoms with Crippen molar-refractivity contribution in [2.45, 2.75) is 27.7 Å². The van der Waals surface area contributed by atoms with E-state index >= 15 is 0 Å². The highest BCUT2D eigenvalue weighted by atomic mass is 16.3. The molecule has 0 heterocycles. The summed E-state index contributed by atoms with van der Waals surface area (Å²) in [5.74, 6) is 0.827. The van der Waals surface area contributed by atoms with E-state index in [2.05, 4.69) is 34.3 Å². The first-order chi connectivity index (χ1) is 4.95. The first-order valence-electron chi connectivity index (χ1n) is 4.20. The molecule has 0 bridgehead atoms. The fourth-order valence-corrected chi connectivity index (χ4v) is 1.46. The molecule has 0 aliphatic rings. The molecule has 0 saturated carbocycles. The van der Waals surface area contributed by atoms with Gasteiger partial charge in [-0.2, -0.15) is 0 Å². The zero-order valence-corrected chi connectivity index (χ0v) is 8.09. The molecule has 0 rings (SSSR count). The Kier molecular flexibility index (Phi) is 3.81. The highest BCUT2D eigenvalue weighted by Gasteiger charge is 2.27. The normalized spacial score (nSPS) is 15.1. The fourth-order valence-electron chi connectivity index (χ4n) is 1.46. The van der Waals surface area contributed by atoms with Gasteiger partial charge in [0.05, 0.1) is 0 Å². The molecule has 0 aromatic carbocycles. The van der Waals surface area contributed by atoms with Crippen molar-refractivity contribution in [1.29, 1.82) is 0 Å². The second-order valence-electron chi connectivity index (χ2n) is 4.06. The molecule has 0 radical (unpaired) electrons. The van der Waals surface area contributed by atoms with Crippen LogP contribution in [0.4, 0.5) is 0 Å². The maximum absolute atomic E-state index is 9.12. The van der Waals surface area contributed by atoms with E-state index in [1.54, 1.807) is 0 Å². The summed E-state index contributed by atoms with van der Waals surface area (Å²) in [5.41, 5.74) is 0.0446. The van der Waals surface area contributed by atoms with Crippen LogP contribution in [0.5, 0.6) is 0 Å². The van der Waals surface area contributed by atoms with Gasteiger partial charge in [0.1, 0.15) is 0 Å². The molecule has 0 spiro atoms. The molecular weight excluding hydrogens is 136 g/mol. The van der Waals surface area contributed by atoms with Crippen LogP contribution in [0.2, 0.25) is 0 Å². The van der Waals surface area contributed by atoms with Gasteiger partial charge in [0, 0.05) is 6.61 Å². The van der Waals surface area contributed by atoms with Crippen molar-refractivity contribution in [2.75, 3.05) is 6.61 Å². The van der Waals surface area contributed by atoms with Crippen molar-refractivity contribution in [1.82, 2.24) is 0 Å². The fraction of sp³-hybridized carbons (Fsp3) is 0.800. The van der Waals surface area contributed by atoms with Gasteiger partial charge in [-0.15, -0.1) is 6.58 Å². The molecule has 11 heavy (non-hydrogen) atoms. The molecule has 0 saturated heterocycles. The van der Waals surface area contributed by atoms with Gasteiger partial charge in [0.2, 0.25) is 0 Å². The highest BCUT2D eigenvalue weighted by Crippen LogP contribution is 2.32. The molecule has 66 valence electrons. The molecule has 0 aromatic heterocycles. The lowest BCUT2D eigenvalue weighted by molar-refractivity contribution is 0.111. The smallest absolute Gasteiger partial charge is 0.0469 e. The summed E-state index contributed by atoms with van der Waals surface area (Å²) in [6, 6.07) is 0. The van der Waals surface area contributed by atoms with Gasteiger partial charge in [-0.05, 0) is 17.3 Å². The predicted molar refractivity (Wildman–Crippen MR) is 49.4 cm³/mol. The van der Waals surface area contributed by atoms with Crippen LogP contribution >= 0.6 is 0 Å². The molecule has 0 aliphatic carbocycles. The lowest BCUT2D eigenvalue weighted by Gasteiger charge is -2.33. The number of aliphatic hydroxyl groups is 1. The van der Waals surface area contributed by atoms with Gasteiger partial charge in [-0.1, -0.05) is 33.8 Å². The Morgan fingerprint density at radius 2 is 1.91 bits per heavy atom. The summed E-state index contributed by atoms with van der Waals surface area (Å²) in [7, 11) is 0. The first-order valence-corrected chi connectivity index (χ1v) is 4.20. The lowest BCUT2D eigenvalue weighted by atomic mass is 9.73. The largest absolute Gasteiger partial charge is 0.396 e. The minimum atomic E-state index is 0.0446. The molecule has 0 fully saturated rings. The third-order valence-electron chi connectivity index (χ3n) is 2.48. The standard InChI is InChI=1S/C10H20O/c1-6-10(4,5)9(7-11)8(2)3/h6,8-9,11H,1,7H2,2-5H3. The minimum absolute atomic E-state index is 0.0446. The maximum Gasteiger partial charge on any atom is 0.0469 e. The Balaban J connectivity index is 4.35. The van der Waals surface area contributed by atoms with Crippen LogP contribution in [0, 0.1) is 17.3 Å². The van der Waals surface area contributed by atoms with E-state index < -0.39 is 0 Å². The Labute approximate surface area is 70.1 Å². The van der Waals surface area contributed by atoms with E-state index in [4.69, 9.17) is 5.11 Å². The van der Waals surface area contributed by atoms with Crippen LogP contribution in [-0.4, -0.2) is 11.7 Å². The number of hydrogen-bond acceptors (Lipinski definition) is 1. The van der Waals surface area contributed by atoms with E-state index in [9.17, 15) is 0 Å². The number of hydrogen-bond donors (Lipinski definition) is 1. The van der Waals surface area contributed by atoms with Crippen LogP contribution in [0.3, 0.4) is 0 Å². The Morgan fingerprint density at radius 3 is 2.00 bits per heavy atom. The number of rotatable bonds is 4. The Morgan fingerprint density at radius 1 is 1.45 bits per heavy atom. The second-order valence-corrected chi connectivity index (χ2v) is 4.06. The highest BCUT2D eigenvalue weighted by molar-refractivity contribution is 4.93. The molecule has 0 aromatic rings. The molecular formula is C10H20O. The van der Waals surface area contributed by atoms with Crippen LogP contribution < -0.4 is 0 Å². The topological polar surface area (TPSA) is 20.2 Å². The molecule has 0 amide bonds. The summed E-state index contributed by atoms with van der Waals surface area (Å²) in [6.45, 7) is 12.5. The zero-order valence-electron chi connectivity index (χ0n) is 8.09. The summed E-state index contributed by atoms with van der Waals surface area (Å²) in [5, 5.41) is 9.12. The van der Waals surface area contributed by atoms with Crippen molar-refractivity contribution < 1.29 is 5.11 Å². The van der Waals surface area contributed by atoms with Crippen LogP contribution in [0.15, 0.2) is 12.7 Å². The summed E-state index contributed by atoms with van der Waals surface area (Å²) in [6.07, 6.45) is 1.92. The molecule has 1 atom stereocenters. The molecule has 0 aliphatic heterocycles. The average Bonchev–Trinajstić information content (AvgIpc) is 1.88. The van der Waals surface area contributed by atoms with E-state index in [1.807, 2.05) is 6.08 Å². The Bertz CT molecular complexity index is 125. The van der Waals surface area contributed by atoms with Gasteiger partial charge in [-0.3, -0.25) is 0 Å². The molecule has 1 nitrogen and oxygen atoms in total. The monoisotopic (exact) mass is 156 g/mol. The SMILES string of the molecule is C=CC(C)(C)C(CO)C(C)C.